The lowest BCUT2D eigenvalue weighted by atomic mass is 9.82. The quantitative estimate of drug-likeness (QED) is 0.139. The number of nitrogens with one attached hydrogen (secondary N) is 5. The fourth-order valence-corrected chi connectivity index (χ4v) is 10.1. The van der Waals surface area contributed by atoms with Gasteiger partial charge in [-0.15, -0.1) is 0 Å². The van der Waals surface area contributed by atoms with Gasteiger partial charge >= 0.3 is 0 Å². The standard InChI is InChI=1S/C48H67N11O9/c1-8-16-31(38(61)43(65)51-27-35(60)53-37(45(67)56(5)6)30-19-13-10-14-20-30)52-41(63)34-25-48(57(7)44(66)33-21-15-24-59(33)48)28-58(34)46(68)39(47(2,3)4)55-42(64)36(29-17-11-9-12-18-29)54-40(62)32-26-49-22-23-50-32/h10,13-14,19-20,22-23,26,29,31,33-34,36-37,39H,8-9,11-12,15-18,21,24-25,27-28H2,1-7H3,(H,51,65)(H,52,63)(H,53,60)(H,54,62)(H,55,64)/t31?,33?,34-,36-,37?,39+,48?/m0/s1. The van der Waals surface area contributed by atoms with Gasteiger partial charge in [-0.1, -0.05) is 83.7 Å². The molecule has 1 saturated carbocycles. The number of nitrogens with zero attached hydrogens (tertiary/aromatic N) is 6. The zero-order chi connectivity index (χ0) is 49.5. The summed E-state index contributed by atoms with van der Waals surface area (Å²) in [6.07, 6.45) is 9.93. The first kappa shape index (κ1) is 51.1. The molecule has 4 aliphatic rings. The van der Waals surface area contributed by atoms with E-state index in [4.69, 9.17) is 0 Å². The molecule has 8 amide bonds. The van der Waals surface area contributed by atoms with Gasteiger partial charge in [0, 0.05) is 46.5 Å². The first-order chi connectivity index (χ1) is 32.3. The summed E-state index contributed by atoms with van der Waals surface area (Å²) in [6.45, 7) is 6.93. The Bertz CT molecular complexity index is 2220. The molecule has 7 atom stereocenters. The lowest BCUT2D eigenvalue weighted by molar-refractivity contribution is -0.145. The maximum atomic E-state index is 15.3. The normalized spacial score (nSPS) is 22.4. The van der Waals surface area contributed by atoms with Gasteiger partial charge in [0.1, 0.15) is 35.5 Å². The predicted octanol–water partition coefficient (Wildman–Crippen LogP) is 0.836. The van der Waals surface area contributed by atoms with Crippen molar-refractivity contribution in [1.82, 2.24) is 56.2 Å². The minimum Gasteiger partial charge on any atom is -0.347 e. The number of aromatic nitrogens is 2. The van der Waals surface area contributed by atoms with Gasteiger partial charge in [-0.3, -0.25) is 53.0 Å². The smallest absolute Gasteiger partial charge is 0.290 e. The Labute approximate surface area is 397 Å². The average molecular weight is 942 g/mol. The Morgan fingerprint density at radius 3 is 2.24 bits per heavy atom. The van der Waals surface area contributed by atoms with Crippen molar-refractivity contribution in [2.75, 3.05) is 40.8 Å². The lowest BCUT2D eigenvalue weighted by Gasteiger charge is -2.39. The molecule has 1 aromatic carbocycles. The van der Waals surface area contributed by atoms with Crippen molar-refractivity contribution in [2.45, 2.75) is 134 Å². The van der Waals surface area contributed by atoms with Crippen LogP contribution in [0.15, 0.2) is 48.9 Å². The molecule has 5 N–H and O–H groups in total. The van der Waals surface area contributed by atoms with E-state index < -0.39 is 101 Å². The van der Waals surface area contributed by atoms with Crippen molar-refractivity contribution in [1.29, 1.82) is 0 Å². The molecular formula is C48H67N11O9. The van der Waals surface area contributed by atoms with Gasteiger partial charge < -0.3 is 41.3 Å². The molecule has 6 rings (SSSR count). The maximum Gasteiger partial charge on any atom is 0.290 e. The van der Waals surface area contributed by atoms with Crippen LogP contribution in [0.3, 0.4) is 0 Å². The summed E-state index contributed by atoms with van der Waals surface area (Å²) < 4.78 is 0. The second-order valence-electron chi connectivity index (χ2n) is 19.7. The molecule has 368 valence electrons. The number of benzene rings is 1. The molecule has 4 heterocycles. The molecule has 20 heteroatoms. The largest absolute Gasteiger partial charge is 0.347 e. The third-order valence-corrected chi connectivity index (χ3v) is 13.8. The zero-order valence-electron chi connectivity index (χ0n) is 40.2. The van der Waals surface area contributed by atoms with E-state index in [2.05, 4.69) is 36.6 Å². The van der Waals surface area contributed by atoms with E-state index in [1.54, 1.807) is 84.1 Å². The molecular weight excluding hydrogens is 875 g/mol. The highest BCUT2D eigenvalue weighted by Gasteiger charge is 2.64. The highest BCUT2D eigenvalue weighted by molar-refractivity contribution is 6.38. The van der Waals surface area contributed by atoms with Crippen LogP contribution < -0.4 is 26.6 Å². The number of hydrogen-bond donors (Lipinski definition) is 5. The number of rotatable bonds is 17. The Morgan fingerprint density at radius 2 is 1.60 bits per heavy atom. The van der Waals surface area contributed by atoms with E-state index in [1.807, 2.05) is 4.90 Å². The van der Waals surface area contributed by atoms with Gasteiger partial charge in [0.2, 0.25) is 41.2 Å². The molecule has 4 unspecified atom stereocenters. The van der Waals surface area contributed by atoms with Crippen LogP contribution in [0, 0.1) is 11.3 Å². The number of carbonyl (C=O) groups is 9. The zero-order valence-corrected chi connectivity index (χ0v) is 40.2. The Hall–Kier alpha value is -6.31. The number of amides is 8. The Morgan fingerprint density at radius 1 is 0.897 bits per heavy atom. The minimum absolute atomic E-state index is 0.0133. The number of carbonyl (C=O) groups excluding carboxylic acids is 9. The van der Waals surface area contributed by atoms with Crippen LogP contribution in [0.1, 0.15) is 114 Å². The summed E-state index contributed by atoms with van der Waals surface area (Å²) in [5.74, 6) is -6.15. The second-order valence-corrected chi connectivity index (χ2v) is 19.7. The summed E-state index contributed by atoms with van der Waals surface area (Å²) in [5, 5.41) is 13.5. The molecule has 1 aromatic heterocycles. The summed E-state index contributed by atoms with van der Waals surface area (Å²) >= 11 is 0. The summed E-state index contributed by atoms with van der Waals surface area (Å²) in [7, 11) is 4.75. The van der Waals surface area contributed by atoms with Crippen LogP contribution in [0.5, 0.6) is 0 Å². The Balaban J connectivity index is 1.23. The fraction of sp³-hybridized carbons (Fsp3) is 0.604. The van der Waals surface area contributed by atoms with E-state index in [9.17, 15) is 38.4 Å². The molecule has 0 radical (unpaired) electrons. The van der Waals surface area contributed by atoms with E-state index in [0.29, 0.717) is 37.8 Å². The van der Waals surface area contributed by atoms with Gasteiger partial charge in [0.25, 0.3) is 11.8 Å². The van der Waals surface area contributed by atoms with Crippen LogP contribution in [0.4, 0.5) is 0 Å². The van der Waals surface area contributed by atoms with Crippen molar-refractivity contribution in [3.8, 4) is 0 Å². The van der Waals surface area contributed by atoms with E-state index >= 15 is 4.79 Å². The lowest BCUT2D eigenvalue weighted by Crippen LogP contribution is -2.62. The van der Waals surface area contributed by atoms with E-state index in [1.165, 1.54) is 28.4 Å². The maximum absolute atomic E-state index is 15.3. The first-order valence-corrected chi connectivity index (χ1v) is 23.7. The number of Topliss-reactive ketones (excluding diaryl/α,β-unsaturated/α-hetero) is 1. The number of fused-ring (bicyclic) bond motifs is 2. The van der Waals surface area contributed by atoms with Crippen LogP contribution in [0.25, 0.3) is 0 Å². The molecule has 2 aromatic rings. The Kier molecular flexibility index (Phi) is 16.3. The third-order valence-electron chi connectivity index (χ3n) is 13.8. The topological polar surface area (TPSA) is 253 Å². The summed E-state index contributed by atoms with van der Waals surface area (Å²) in [4.78, 5) is 139. The molecule has 3 saturated heterocycles. The van der Waals surface area contributed by atoms with E-state index in [0.717, 1.165) is 25.7 Å². The van der Waals surface area contributed by atoms with Crippen LogP contribution in [0.2, 0.25) is 0 Å². The predicted molar refractivity (Wildman–Crippen MR) is 247 cm³/mol. The molecule has 20 nitrogen and oxygen atoms in total. The number of likely N-dealkylation sites (tertiary alicyclic amines) is 1. The minimum atomic E-state index is -1.36. The third kappa shape index (κ3) is 11.2. The number of hydrogen-bond acceptors (Lipinski definition) is 12. The van der Waals surface area contributed by atoms with Crippen molar-refractivity contribution in [3.05, 3.63) is 60.2 Å². The van der Waals surface area contributed by atoms with Crippen molar-refractivity contribution in [3.63, 3.8) is 0 Å². The SMILES string of the molecule is CCCC(NC(=O)[C@@H]1CC2(CN1C(=O)[C@@H](NC(=O)[C@@H](NC(=O)c1cnccn1)C1CCCCC1)C(C)(C)C)N(C)C(=O)C1CCCN12)C(=O)C(=O)NCC(=O)NC(C(=O)N(C)C)c1ccccc1. The average Bonchev–Trinajstić information content (AvgIpc) is 4.04. The number of ketones is 1. The van der Waals surface area contributed by atoms with Crippen molar-refractivity contribution >= 4 is 53.0 Å². The van der Waals surface area contributed by atoms with Crippen molar-refractivity contribution < 1.29 is 43.2 Å². The fourth-order valence-electron chi connectivity index (χ4n) is 10.1. The summed E-state index contributed by atoms with van der Waals surface area (Å²) in [5.41, 5.74) is -1.47. The van der Waals surface area contributed by atoms with Crippen LogP contribution in [-0.2, 0) is 38.4 Å². The molecule has 1 aliphatic carbocycles. The van der Waals surface area contributed by atoms with Gasteiger partial charge in [0.15, 0.2) is 0 Å². The second kappa shape index (κ2) is 21.8. The van der Waals surface area contributed by atoms with E-state index in [-0.39, 0.29) is 36.9 Å². The monoisotopic (exact) mass is 942 g/mol. The van der Waals surface area contributed by atoms with Gasteiger partial charge in [-0.25, -0.2) is 4.98 Å². The molecule has 3 aliphatic heterocycles. The highest BCUT2D eigenvalue weighted by Crippen LogP contribution is 2.45. The van der Waals surface area contributed by atoms with Crippen molar-refractivity contribution in [2.24, 2.45) is 11.3 Å². The van der Waals surface area contributed by atoms with Gasteiger partial charge in [-0.2, -0.15) is 0 Å². The summed E-state index contributed by atoms with van der Waals surface area (Å²) in [6, 6.07) is 2.22. The van der Waals surface area contributed by atoms with Gasteiger partial charge in [0.05, 0.1) is 31.4 Å². The van der Waals surface area contributed by atoms with Gasteiger partial charge in [-0.05, 0) is 49.0 Å². The van der Waals surface area contributed by atoms with Crippen LogP contribution >= 0.6 is 0 Å². The molecule has 1 spiro atoms. The molecule has 0 bridgehead atoms. The molecule has 68 heavy (non-hydrogen) atoms. The molecule has 4 fully saturated rings. The number of likely N-dealkylation sites (N-methyl/N-ethyl adjacent to an activating group) is 2. The first-order valence-electron chi connectivity index (χ1n) is 23.7. The highest BCUT2D eigenvalue weighted by atomic mass is 16.2. The van der Waals surface area contributed by atoms with Crippen LogP contribution in [-0.4, -0.2) is 159 Å².